The van der Waals surface area contributed by atoms with Gasteiger partial charge in [-0.3, -0.25) is 4.79 Å². The lowest BCUT2D eigenvalue weighted by molar-refractivity contribution is -0.129. The first-order valence-corrected chi connectivity index (χ1v) is 8.76. The lowest BCUT2D eigenvalue weighted by atomic mass is 10.1. The van der Waals surface area contributed by atoms with Crippen molar-refractivity contribution in [2.24, 2.45) is 4.99 Å². The van der Waals surface area contributed by atoms with E-state index in [4.69, 9.17) is 4.42 Å². The van der Waals surface area contributed by atoms with Crippen LogP contribution < -0.4 is 4.90 Å². The van der Waals surface area contributed by atoms with Gasteiger partial charge in [0.2, 0.25) is 11.8 Å². The molecule has 144 valence electrons. The highest BCUT2D eigenvalue weighted by atomic mass is 16.4. The fourth-order valence-electron chi connectivity index (χ4n) is 3.35. The summed E-state index contributed by atoms with van der Waals surface area (Å²) in [4.78, 5) is 35.0. The number of aromatic hydroxyl groups is 1. The summed E-state index contributed by atoms with van der Waals surface area (Å²) in [6.45, 7) is 3.24. The monoisotopic (exact) mass is 382 g/mol. The second-order valence-electron chi connectivity index (χ2n) is 6.53. The van der Waals surface area contributed by atoms with E-state index in [9.17, 15) is 19.8 Å². The molecule has 0 atom stereocenters. The second-order valence-corrected chi connectivity index (χ2v) is 6.53. The maximum absolute atomic E-state index is 11.7. The van der Waals surface area contributed by atoms with Crippen LogP contribution in [-0.4, -0.2) is 64.4 Å². The van der Waals surface area contributed by atoms with Gasteiger partial charge >= 0.3 is 5.97 Å². The number of aromatic carboxylic acids is 1. The number of amides is 1. The van der Waals surface area contributed by atoms with Crippen LogP contribution >= 0.6 is 0 Å². The number of allylic oxidation sites excluding steroid dienone is 1. The van der Waals surface area contributed by atoms with Gasteiger partial charge in [0.1, 0.15) is 0 Å². The maximum Gasteiger partial charge on any atom is 0.345 e. The Morgan fingerprint density at radius 2 is 2.00 bits per heavy atom. The predicted octanol–water partition coefficient (Wildman–Crippen LogP) is 2.00. The summed E-state index contributed by atoms with van der Waals surface area (Å²) in [7, 11) is 0. The zero-order valence-corrected chi connectivity index (χ0v) is 15.1. The molecule has 0 unspecified atom stereocenters. The Morgan fingerprint density at radius 1 is 1.25 bits per heavy atom. The van der Waals surface area contributed by atoms with Crippen molar-refractivity contribution in [2.75, 3.05) is 31.1 Å². The minimum Gasteiger partial charge on any atom is -0.504 e. The molecule has 2 aliphatic heterocycles. The van der Waals surface area contributed by atoms with Crippen LogP contribution in [0.2, 0.25) is 0 Å². The van der Waals surface area contributed by atoms with E-state index in [0.717, 1.165) is 5.56 Å². The van der Waals surface area contributed by atoms with Crippen LogP contribution in [0.4, 0.5) is 11.7 Å². The molecule has 1 fully saturated rings. The van der Waals surface area contributed by atoms with Crippen molar-refractivity contribution in [1.29, 1.82) is 0 Å². The molecule has 4 rings (SSSR count). The highest BCUT2D eigenvalue weighted by Crippen LogP contribution is 2.39. The average molecular weight is 382 g/mol. The van der Waals surface area contributed by atoms with Gasteiger partial charge in [-0.2, -0.15) is 0 Å². The number of aromatic nitrogens is 1. The molecule has 4 heterocycles. The van der Waals surface area contributed by atoms with Crippen LogP contribution in [0.15, 0.2) is 27.7 Å². The minimum absolute atomic E-state index is 0.0291. The normalized spacial score (nSPS) is 17.2. The highest BCUT2D eigenvalue weighted by molar-refractivity contribution is 6.21. The van der Waals surface area contributed by atoms with Crippen molar-refractivity contribution in [1.82, 2.24) is 9.88 Å². The van der Waals surface area contributed by atoms with Crippen molar-refractivity contribution >= 4 is 41.4 Å². The number of rotatable bonds is 3. The Kier molecular flexibility index (Phi) is 4.34. The molecule has 0 aliphatic carbocycles. The SMILES string of the molecule is CC(=O)N1CCN(c2oc(C=C3C=Nc4ncccc43)c(O)c2C(=O)O)CC1. The molecule has 2 aromatic heterocycles. The van der Waals surface area contributed by atoms with Gasteiger partial charge in [-0.25, -0.2) is 14.8 Å². The van der Waals surface area contributed by atoms with E-state index < -0.39 is 11.7 Å². The number of hydrogen-bond acceptors (Lipinski definition) is 7. The van der Waals surface area contributed by atoms with Crippen molar-refractivity contribution in [3.63, 3.8) is 0 Å². The number of carboxylic acids is 1. The number of carbonyl (C=O) groups is 2. The summed E-state index contributed by atoms with van der Waals surface area (Å²) in [5, 5.41) is 20.1. The minimum atomic E-state index is -1.28. The number of piperazine rings is 1. The van der Waals surface area contributed by atoms with E-state index in [1.165, 1.54) is 6.92 Å². The third-order valence-electron chi connectivity index (χ3n) is 4.83. The zero-order valence-electron chi connectivity index (χ0n) is 15.1. The van der Waals surface area contributed by atoms with Gasteiger partial charge in [-0.05, 0) is 18.2 Å². The smallest absolute Gasteiger partial charge is 0.345 e. The van der Waals surface area contributed by atoms with Crippen molar-refractivity contribution in [2.45, 2.75) is 6.92 Å². The molecule has 2 aliphatic rings. The van der Waals surface area contributed by atoms with E-state index in [2.05, 4.69) is 9.98 Å². The molecule has 0 bridgehead atoms. The summed E-state index contributed by atoms with van der Waals surface area (Å²) >= 11 is 0. The van der Waals surface area contributed by atoms with Crippen LogP contribution in [0.25, 0.3) is 11.6 Å². The number of carboxylic acid groups (broad SMARTS) is 1. The first kappa shape index (κ1) is 17.8. The number of carbonyl (C=O) groups excluding carboxylic acids is 1. The van der Waals surface area contributed by atoms with Crippen LogP contribution in [0.1, 0.15) is 28.6 Å². The van der Waals surface area contributed by atoms with Crippen molar-refractivity contribution in [3.05, 3.63) is 35.2 Å². The lowest BCUT2D eigenvalue weighted by Gasteiger charge is -2.34. The third kappa shape index (κ3) is 3.00. The Morgan fingerprint density at radius 3 is 2.68 bits per heavy atom. The van der Waals surface area contributed by atoms with Gasteiger partial charge in [0, 0.05) is 56.7 Å². The predicted molar refractivity (Wildman–Crippen MR) is 102 cm³/mol. The fraction of sp³-hybridized carbons (Fsp3) is 0.263. The molecular weight excluding hydrogens is 364 g/mol. The summed E-state index contributed by atoms with van der Waals surface area (Å²) < 4.78 is 5.75. The zero-order chi connectivity index (χ0) is 19.8. The van der Waals surface area contributed by atoms with Gasteiger partial charge in [0.15, 0.2) is 22.9 Å². The number of pyridine rings is 1. The average Bonchev–Trinajstić information content (AvgIpc) is 3.24. The fourth-order valence-corrected chi connectivity index (χ4v) is 3.35. The van der Waals surface area contributed by atoms with Gasteiger partial charge in [-0.1, -0.05) is 0 Å². The van der Waals surface area contributed by atoms with Crippen LogP contribution in [-0.2, 0) is 4.79 Å². The van der Waals surface area contributed by atoms with Crippen LogP contribution in [0.3, 0.4) is 0 Å². The summed E-state index contributed by atoms with van der Waals surface area (Å²) in [6.07, 6.45) is 4.77. The van der Waals surface area contributed by atoms with E-state index in [1.807, 2.05) is 6.07 Å². The first-order chi connectivity index (χ1) is 13.5. The molecule has 2 N–H and O–H groups in total. The van der Waals surface area contributed by atoms with Crippen LogP contribution in [0.5, 0.6) is 5.75 Å². The summed E-state index contributed by atoms with van der Waals surface area (Å²) in [5.41, 5.74) is 1.15. The maximum atomic E-state index is 11.7. The summed E-state index contributed by atoms with van der Waals surface area (Å²) in [5.74, 6) is -1.06. The molecule has 0 spiro atoms. The molecular formula is C19H18N4O5. The van der Waals surface area contributed by atoms with Gasteiger partial charge < -0.3 is 24.4 Å². The second kappa shape index (κ2) is 6.84. The van der Waals surface area contributed by atoms with Crippen molar-refractivity contribution in [3.8, 4) is 5.75 Å². The van der Waals surface area contributed by atoms with Crippen LogP contribution in [0, 0.1) is 0 Å². The number of hydrogen-bond donors (Lipinski definition) is 2. The molecule has 9 nitrogen and oxygen atoms in total. The summed E-state index contributed by atoms with van der Waals surface area (Å²) in [6, 6.07) is 3.60. The molecule has 0 saturated carbocycles. The molecule has 1 saturated heterocycles. The Balaban J connectivity index is 1.69. The molecule has 28 heavy (non-hydrogen) atoms. The number of fused-ring (bicyclic) bond motifs is 1. The Labute approximate surface area is 160 Å². The largest absolute Gasteiger partial charge is 0.504 e. The van der Waals surface area contributed by atoms with Gasteiger partial charge in [0.25, 0.3) is 0 Å². The molecule has 2 aromatic rings. The number of furan rings is 1. The Hall–Kier alpha value is -3.62. The van der Waals surface area contributed by atoms with E-state index in [1.54, 1.807) is 34.4 Å². The lowest BCUT2D eigenvalue weighted by Crippen LogP contribution is -2.48. The number of aliphatic imine (C=N–C) groups is 1. The standard InChI is InChI=1S/C19H18N4O5/c1-11(24)22-5-7-23(8-6-22)18-15(19(26)27)16(25)14(28-18)9-12-10-21-17-13(12)3-2-4-20-17/h2-4,9-10,25H,5-8H2,1H3,(H,26,27). The van der Waals surface area contributed by atoms with Gasteiger partial charge in [-0.15, -0.1) is 0 Å². The molecule has 0 aromatic carbocycles. The Bertz CT molecular complexity index is 1020. The number of anilines is 1. The quantitative estimate of drug-likeness (QED) is 0.833. The van der Waals surface area contributed by atoms with Gasteiger partial charge in [0.05, 0.1) is 0 Å². The first-order valence-electron chi connectivity index (χ1n) is 8.76. The topological polar surface area (TPSA) is 119 Å². The van der Waals surface area contributed by atoms with E-state index in [-0.39, 0.29) is 23.1 Å². The highest BCUT2D eigenvalue weighted by Gasteiger charge is 2.31. The molecule has 0 radical (unpaired) electrons. The third-order valence-corrected chi connectivity index (χ3v) is 4.83. The molecule has 9 heteroatoms. The van der Waals surface area contributed by atoms with E-state index in [0.29, 0.717) is 37.6 Å². The number of nitrogens with zero attached hydrogens (tertiary/aromatic N) is 4. The van der Waals surface area contributed by atoms with E-state index >= 15 is 0 Å². The van der Waals surface area contributed by atoms with Crippen molar-refractivity contribution < 1.29 is 24.2 Å². The molecule has 1 amide bonds.